The second-order valence-corrected chi connectivity index (χ2v) is 20.1. The highest BCUT2D eigenvalue weighted by Gasteiger charge is 2.43. The second kappa shape index (κ2) is 37.6. The maximum absolute atomic E-state index is 11.9. The van der Waals surface area contributed by atoms with Crippen LogP contribution in [0.4, 0.5) is 0 Å². The molecule has 0 heterocycles. The number of phenols is 5. The normalized spacial score (nSPS) is 48.9. The maximum atomic E-state index is 11.9. The van der Waals surface area contributed by atoms with Gasteiger partial charge in [-0.25, -0.2) is 0 Å². The molecule has 0 aliphatic heterocycles. The third-order valence-electron chi connectivity index (χ3n) is 12.5. The predicted octanol–water partition coefficient (Wildman–Crippen LogP) is 13.7. The molecule has 0 amide bonds. The first kappa shape index (κ1) is 23.4. The summed E-state index contributed by atoms with van der Waals surface area (Å²) < 4.78 is 643. The molecule has 5 fully saturated rings. The van der Waals surface area contributed by atoms with Crippen molar-refractivity contribution in [1.29, 1.82) is 0 Å². The predicted molar refractivity (Wildman–Crippen MR) is 387 cm³/mol. The zero-order valence-corrected chi connectivity index (χ0v) is 50.7. The molecular formula is C80H125N5O10. The van der Waals surface area contributed by atoms with E-state index in [2.05, 4.69) is 0 Å². The van der Waals surface area contributed by atoms with Crippen LogP contribution in [0, 0.1) is 0 Å². The van der Waals surface area contributed by atoms with Gasteiger partial charge in [-0.2, -0.15) is 0 Å². The molecule has 0 bridgehead atoms. The summed E-state index contributed by atoms with van der Waals surface area (Å²) >= 11 is 0. The molecule has 15 nitrogen and oxygen atoms in total. The van der Waals surface area contributed by atoms with Gasteiger partial charge in [0.05, 0.1) is 28.0 Å². The number of aliphatic hydroxyl groups is 5. The Labute approximate surface area is 683 Å². The third kappa shape index (κ3) is 24.6. The fourth-order valence-electron chi connectivity index (χ4n) is 8.21. The van der Waals surface area contributed by atoms with Gasteiger partial charge < -0.3 is 75.6 Å². The molecule has 10 N–H and O–H groups in total. The van der Waals surface area contributed by atoms with Crippen LogP contribution in [0.25, 0.3) is 0 Å². The number of phenolic OH excluding ortho intramolecular Hbond substituents is 5. The van der Waals surface area contributed by atoms with Crippen molar-refractivity contribution < 1.29 is 159 Å². The van der Waals surface area contributed by atoms with Crippen molar-refractivity contribution in [2.45, 2.75) is 217 Å². The molecular weight excluding hydrogens is 1190 g/mol. The van der Waals surface area contributed by atoms with Crippen molar-refractivity contribution >= 4 is 0 Å². The SMILES string of the molecule is [2H]C([2H])(N(C)C)C([2H])(c1ccc(O)cc1)C1(O)C([2H])([2H])C([2H])([2H])C([2H])([2H])C([2H])([2H])C1([2H])[2H].[2H]C([2H])([2H])N(C([2H])([2H])[2H])C([2H])([2H])C([2H])(c1ccc(O)cc1)C1(O)C([2H])([2H])C([2H])([2H])C([2H])([2H])C([2H])([2H])C1([2H])[2H].[2H]C([2H])([2H])N(C)C([2H])([2H])C([2H])(c1ccc(O)cc1)C1(O)C([2H])([2H])C([2H])([2H])C([2H])([2H])C([2H])([2H])C1([2H])[2H].[2H]C([2H])([2H])N(C)CC([2H])(c1ccc(O)cc1)C1(O)C([2H])([2H])C([2H])([2H])C([2H])([2H])C([2H])([2H])C1([2H])[2H].[2H]C([2H])([2H])N(CC([2H])(c1ccc(O)cc1)C1(O)C([2H])([2H])C([2H])([2H])C([2H])([2H])C([2H])([2H])C1([2H])[2H])C([2H])([2H])[2H]. The first-order valence-corrected chi connectivity index (χ1v) is 27.2. The van der Waals surface area contributed by atoms with E-state index in [4.69, 9.17) is 108 Å². The minimum Gasteiger partial charge on any atom is -0.508 e. The Morgan fingerprint density at radius 2 is 0.484 bits per heavy atom. The Balaban J connectivity index is 0.000000329. The number of hydrogen-bond donors (Lipinski definition) is 10. The van der Waals surface area contributed by atoms with Gasteiger partial charge in [-0.3, -0.25) is 0 Å². The van der Waals surface area contributed by atoms with E-state index in [1.165, 1.54) is 0 Å². The average molecular weight is 1400 g/mol. The molecule has 5 saturated carbocycles. The molecule has 0 aromatic heterocycles. The molecule has 15 heteroatoms. The fourth-order valence-corrected chi connectivity index (χ4v) is 8.21. The average Bonchev–Trinajstić information content (AvgIpc) is 0.647. The number of likely N-dealkylation sites (N-methyl/N-ethyl adjacent to an activating group) is 5. The van der Waals surface area contributed by atoms with E-state index in [1.807, 2.05) is 0 Å². The lowest BCUT2D eigenvalue weighted by atomic mass is 9.72. The summed E-state index contributed by atoms with van der Waals surface area (Å²) in [5.41, 5.74) is -25.2. The molecule has 5 aliphatic carbocycles. The van der Waals surface area contributed by atoms with Crippen LogP contribution >= 0.6 is 0 Å². The highest BCUT2D eigenvalue weighted by molar-refractivity contribution is 5.35. The van der Waals surface area contributed by atoms with E-state index in [9.17, 15) is 51.1 Å². The minimum absolute atomic E-state index is 0.0988. The van der Waals surface area contributed by atoms with Crippen molar-refractivity contribution in [2.75, 3.05) is 103 Å². The van der Waals surface area contributed by atoms with Crippen LogP contribution in [0.15, 0.2) is 121 Å². The lowest BCUT2D eigenvalue weighted by molar-refractivity contribution is -0.0280. The van der Waals surface area contributed by atoms with Gasteiger partial charge in [-0.15, -0.1) is 0 Å². The molecule has 5 unspecified atom stereocenters. The van der Waals surface area contributed by atoms with E-state index in [0.717, 1.165) is 118 Å². The van der Waals surface area contributed by atoms with Gasteiger partial charge in [0.25, 0.3) is 0 Å². The first-order chi connectivity index (χ1) is 75.4. The molecule has 5 aromatic rings. The molecule has 5 aliphatic rings. The first-order valence-electron chi connectivity index (χ1n) is 66.7. The van der Waals surface area contributed by atoms with Gasteiger partial charge in [0.2, 0.25) is 0 Å². The smallest absolute Gasteiger partial charge is 0.115 e. The monoisotopic (exact) mass is 1400 g/mol. The standard InChI is InChI=1S/5C16H25NO2/c5*1-17(2)12-15(13-6-8-14(18)9-7-13)16(19)10-4-3-5-11-16/h5*6-9,15,18-19H,3-5,10-12H2,1-2H3/i1D3,2D3,3D2,4D2,5D2,10D2,11D2,12D2,15D;1D3,3D2,4D2,5D2,10D2,11D2,12D2,15D;1D3,2D3,3D2,4D2,5D2,10D2,11D2,15D;3D2,4D2,5D2,10D2,11D2,12D2,15D;1D3,3D2,4D2,5D2,10D2,11D2,15D. The quantitative estimate of drug-likeness (QED) is 0.0351. The maximum Gasteiger partial charge on any atom is 0.115 e. The van der Waals surface area contributed by atoms with E-state index in [1.54, 1.807) is 0 Å². The summed E-state index contributed by atoms with van der Waals surface area (Å²) in [6, 6.07) is 16.7. The van der Waals surface area contributed by atoms with Gasteiger partial charge in [0.1, 0.15) is 28.7 Å². The van der Waals surface area contributed by atoms with Gasteiger partial charge in [0.15, 0.2) is 0 Å². The van der Waals surface area contributed by atoms with Crippen molar-refractivity contribution in [3.63, 3.8) is 0 Å². The number of hydrogen-bond acceptors (Lipinski definition) is 15. The molecule has 530 valence electrons. The van der Waals surface area contributed by atoms with Gasteiger partial charge >= 0.3 is 0 Å². The largest absolute Gasteiger partial charge is 0.508 e. The number of nitrogens with zero attached hydrogens (tertiary/aromatic N) is 5. The van der Waals surface area contributed by atoms with Gasteiger partial charge in [0, 0.05) is 170 Å². The molecule has 95 heavy (non-hydrogen) atoms. The Kier molecular flexibility index (Phi) is 9.26. The Bertz CT molecular complexity index is 6430. The lowest BCUT2D eigenvalue weighted by Gasteiger charge is -2.40. The van der Waals surface area contributed by atoms with Gasteiger partial charge in [-0.05, 0) is 222 Å². The summed E-state index contributed by atoms with van der Waals surface area (Å²) in [5, 5.41) is 107. The van der Waals surface area contributed by atoms with Crippen molar-refractivity contribution in [2.24, 2.45) is 0 Å². The van der Waals surface area contributed by atoms with Crippen LogP contribution in [0.5, 0.6) is 28.7 Å². The number of aromatic hydroxyl groups is 5. The van der Waals surface area contributed by atoms with Crippen LogP contribution in [-0.4, -0.2) is 206 Å². The van der Waals surface area contributed by atoms with Gasteiger partial charge in [-0.1, -0.05) is 156 Å². The lowest BCUT2D eigenvalue weighted by Crippen LogP contribution is -2.42. The van der Waals surface area contributed by atoms with Crippen molar-refractivity contribution in [1.82, 2.24) is 24.5 Å². The van der Waals surface area contributed by atoms with Crippen molar-refractivity contribution in [3.05, 3.63) is 149 Å². The topological polar surface area (TPSA) is 218 Å². The molecule has 0 spiro atoms. The minimum atomic E-state index is -4.71. The Hall–Kier alpha value is -5.30. The summed E-state index contributed by atoms with van der Waals surface area (Å²) in [6.45, 7) is -35.6. The van der Waals surface area contributed by atoms with E-state index in [-0.39, 0.29) is 21.3 Å². The highest BCUT2D eigenvalue weighted by atomic mass is 16.3. The summed E-state index contributed by atoms with van der Waals surface area (Å²) in [7, 11) is 3.79. The fraction of sp³-hybridized carbons (Fsp3) is 0.625. The molecule has 10 rings (SSSR count). The third-order valence-corrected chi connectivity index (χ3v) is 12.5. The zero-order chi connectivity index (χ0) is 139. The van der Waals surface area contributed by atoms with E-state index < -0.39 is 341 Å². The van der Waals surface area contributed by atoms with Crippen molar-refractivity contribution in [3.8, 4) is 28.7 Å². The van der Waals surface area contributed by atoms with Crippen LogP contribution in [0.2, 0.25) is 0 Å². The van der Waals surface area contributed by atoms with E-state index in [0.29, 0.717) is 41.1 Å². The Morgan fingerprint density at radius 1 is 0.295 bits per heavy atom. The highest BCUT2D eigenvalue weighted by Crippen LogP contribution is 2.46. The number of rotatable bonds is 20. The van der Waals surface area contributed by atoms with Crippen LogP contribution in [0.3, 0.4) is 0 Å². The summed E-state index contributed by atoms with van der Waals surface area (Å²) in [4.78, 5) is -0.0983. The zero-order valence-electron chi connectivity index (χ0n) is 130. The molecule has 5 atom stereocenters. The molecule has 0 radical (unpaired) electrons. The van der Waals surface area contributed by atoms with Crippen LogP contribution in [-0.2, 0) is 0 Å². The molecule has 0 saturated heterocycles. The van der Waals surface area contributed by atoms with Crippen LogP contribution < -0.4 is 0 Å². The summed E-state index contributed by atoms with van der Waals surface area (Å²) in [6.07, 6.45) is -102. The van der Waals surface area contributed by atoms with E-state index >= 15 is 0 Å². The number of benzene rings is 5. The summed E-state index contributed by atoms with van der Waals surface area (Å²) in [5.74, 6) is -20.5. The Morgan fingerprint density at radius 3 is 0.705 bits per heavy atom. The second-order valence-electron chi connectivity index (χ2n) is 20.1. The van der Waals surface area contributed by atoms with Crippen LogP contribution in [0.1, 0.15) is 325 Å². The molecule has 5 aromatic carbocycles.